The molecule has 0 radical (unpaired) electrons. The normalized spacial score (nSPS) is 18.4. The summed E-state index contributed by atoms with van der Waals surface area (Å²) in [4.78, 5) is 2.54. The monoisotopic (exact) mass is 542 g/mol. The van der Waals surface area contributed by atoms with E-state index in [0.29, 0.717) is 5.92 Å². The molecule has 5 heteroatoms. The second-order valence-electron chi connectivity index (χ2n) is 11.5. The third-order valence-electron chi connectivity index (χ3n) is 8.82. The second-order valence-corrected chi connectivity index (χ2v) is 11.5. The topological polar surface area (TPSA) is 57.0 Å². The largest absolute Gasteiger partial charge is 0.497 e. The number of rotatable bonds is 11. The Morgan fingerprint density at radius 2 is 1.52 bits per heavy atom. The van der Waals surface area contributed by atoms with Crippen molar-refractivity contribution in [3.05, 3.63) is 88.5 Å². The Bertz CT molecular complexity index is 1220. The van der Waals surface area contributed by atoms with Crippen LogP contribution < -0.4 is 19.9 Å². The molecule has 214 valence electrons. The van der Waals surface area contributed by atoms with E-state index in [-0.39, 0.29) is 6.04 Å². The highest BCUT2D eigenvalue weighted by atomic mass is 16.5. The summed E-state index contributed by atoms with van der Waals surface area (Å²) in [5.74, 6) is 3.22. The van der Waals surface area contributed by atoms with Crippen LogP contribution in [0.1, 0.15) is 78.3 Å². The van der Waals surface area contributed by atoms with E-state index in [1.54, 1.807) is 14.2 Å². The van der Waals surface area contributed by atoms with Gasteiger partial charge in [-0.25, -0.2) is 0 Å². The molecule has 1 fully saturated rings. The number of fused-ring (bicyclic) bond motifs is 1. The molecule has 5 nitrogen and oxygen atoms in total. The molecule has 2 aliphatic rings. The molecule has 0 amide bonds. The summed E-state index contributed by atoms with van der Waals surface area (Å²) >= 11 is 0. The number of benzene rings is 3. The molecular formula is C35H46N2O3. The standard InChI is InChI=1S/C35H46N2O3/c1-38-31-15-12-27-23-29(11-10-28(27)24-31)33-17-16-32(39-2)25-34(33)35(36)18-9-26-7-13-30(14-8-26)40-22-21-37-19-5-3-4-6-20-37/h7-8,12-17,24-25,29,35H,3-6,9-11,18-23,36H2,1-2H3. The smallest absolute Gasteiger partial charge is 0.119 e. The zero-order chi connectivity index (χ0) is 27.7. The van der Waals surface area contributed by atoms with E-state index in [1.807, 2.05) is 0 Å². The fraction of sp³-hybridized carbons (Fsp3) is 0.486. The molecule has 0 saturated carbocycles. The number of nitrogens with zero attached hydrogens (tertiary/aromatic N) is 1. The van der Waals surface area contributed by atoms with Crippen LogP contribution in [-0.2, 0) is 19.3 Å². The van der Waals surface area contributed by atoms with Gasteiger partial charge in [0.1, 0.15) is 23.9 Å². The maximum atomic E-state index is 6.88. The second kappa shape index (κ2) is 14.0. The molecule has 1 heterocycles. The summed E-state index contributed by atoms with van der Waals surface area (Å²) < 4.78 is 17.1. The van der Waals surface area contributed by atoms with E-state index in [0.717, 1.165) is 62.5 Å². The third-order valence-corrected chi connectivity index (χ3v) is 8.82. The van der Waals surface area contributed by atoms with Crippen LogP contribution in [0.25, 0.3) is 0 Å². The van der Waals surface area contributed by atoms with Gasteiger partial charge in [0, 0.05) is 12.6 Å². The molecule has 2 unspecified atom stereocenters. The first-order chi connectivity index (χ1) is 19.6. The van der Waals surface area contributed by atoms with Crippen molar-refractivity contribution in [1.29, 1.82) is 0 Å². The van der Waals surface area contributed by atoms with Crippen LogP contribution in [0.4, 0.5) is 0 Å². The predicted octanol–water partition coefficient (Wildman–Crippen LogP) is 6.86. The fourth-order valence-corrected chi connectivity index (χ4v) is 6.38. The maximum Gasteiger partial charge on any atom is 0.119 e. The minimum atomic E-state index is -0.0492. The zero-order valence-electron chi connectivity index (χ0n) is 24.4. The van der Waals surface area contributed by atoms with Gasteiger partial charge >= 0.3 is 0 Å². The Kier molecular flexibility index (Phi) is 10.0. The lowest BCUT2D eigenvalue weighted by Gasteiger charge is -2.29. The van der Waals surface area contributed by atoms with Crippen molar-refractivity contribution in [2.24, 2.45) is 5.73 Å². The average Bonchev–Trinajstić information content (AvgIpc) is 3.28. The first kappa shape index (κ1) is 28.5. The predicted molar refractivity (Wildman–Crippen MR) is 163 cm³/mol. The Labute approximate surface area is 240 Å². The molecule has 1 aliphatic heterocycles. The zero-order valence-corrected chi connectivity index (χ0v) is 24.4. The number of likely N-dealkylation sites (tertiary alicyclic amines) is 1. The van der Waals surface area contributed by atoms with Crippen molar-refractivity contribution in [2.75, 3.05) is 40.5 Å². The Morgan fingerprint density at radius 3 is 2.27 bits per heavy atom. The van der Waals surface area contributed by atoms with Gasteiger partial charge in [-0.05, 0) is 128 Å². The van der Waals surface area contributed by atoms with E-state index in [1.165, 1.54) is 66.6 Å². The van der Waals surface area contributed by atoms with Crippen LogP contribution in [0.2, 0.25) is 0 Å². The van der Waals surface area contributed by atoms with Crippen LogP contribution >= 0.6 is 0 Å². The highest BCUT2D eigenvalue weighted by Gasteiger charge is 2.25. The molecule has 2 N–H and O–H groups in total. The minimum absolute atomic E-state index is 0.0492. The Morgan fingerprint density at radius 1 is 0.825 bits per heavy atom. The summed E-state index contributed by atoms with van der Waals surface area (Å²) in [5.41, 5.74) is 13.6. The number of methoxy groups -OCH3 is 2. The van der Waals surface area contributed by atoms with Gasteiger partial charge < -0.3 is 19.9 Å². The summed E-state index contributed by atoms with van der Waals surface area (Å²) in [6.45, 7) is 4.18. The third kappa shape index (κ3) is 7.38. The summed E-state index contributed by atoms with van der Waals surface area (Å²) in [5, 5.41) is 0. The van der Waals surface area contributed by atoms with Crippen molar-refractivity contribution in [3.63, 3.8) is 0 Å². The molecule has 1 aliphatic carbocycles. The molecule has 3 aromatic carbocycles. The van der Waals surface area contributed by atoms with Gasteiger partial charge in [0.05, 0.1) is 14.2 Å². The lowest BCUT2D eigenvalue weighted by molar-refractivity contribution is 0.214. The molecule has 5 rings (SSSR count). The highest BCUT2D eigenvalue weighted by molar-refractivity contribution is 5.44. The molecule has 0 aromatic heterocycles. The summed E-state index contributed by atoms with van der Waals surface area (Å²) in [7, 11) is 3.46. The number of aryl methyl sites for hydroxylation is 2. The number of nitrogens with two attached hydrogens (primary N) is 1. The van der Waals surface area contributed by atoms with Crippen LogP contribution in [0, 0.1) is 0 Å². The molecule has 2 atom stereocenters. The SMILES string of the molecule is COc1ccc2c(c1)CCC(c1ccc(OC)cc1C(N)CCc1ccc(OCCN3CCCCCC3)cc1)C2. The van der Waals surface area contributed by atoms with E-state index in [2.05, 4.69) is 65.6 Å². The molecular weight excluding hydrogens is 496 g/mol. The molecule has 3 aromatic rings. The summed E-state index contributed by atoms with van der Waals surface area (Å²) in [6.07, 6.45) is 10.4. The van der Waals surface area contributed by atoms with Crippen molar-refractivity contribution in [2.45, 2.75) is 69.7 Å². The van der Waals surface area contributed by atoms with Crippen molar-refractivity contribution < 1.29 is 14.2 Å². The highest BCUT2D eigenvalue weighted by Crippen LogP contribution is 2.38. The Hall–Kier alpha value is -3.02. The van der Waals surface area contributed by atoms with E-state index >= 15 is 0 Å². The first-order valence-electron chi connectivity index (χ1n) is 15.2. The van der Waals surface area contributed by atoms with Gasteiger partial charge in [-0.2, -0.15) is 0 Å². The van der Waals surface area contributed by atoms with Crippen LogP contribution in [0.3, 0.4) is 0 Å². The Balaban J connectivity index is 1.18. The summed E-state index contributed by atoms with van der Waals surface area (Å²) in [6, 6.07) is 21.5. The van der Waals surface area contributed by atoms with Crippen molar-refractivity contribution >= 4 is 0 Å². The fourth-order valence-electron chi connectivity index (χ4n) is 6.38. The quantitative estimate of drug-likeness (QED) is 0.287. The molecule has 40 heavy (non-hydrogen) atoms. The maximum absolute atomic E-state index is 6.88. The van der Waals surface area contributed by atoms with Gasteiger partial charge in [0.25, 0.3) is 0 Å². The van der Waals surface area contributed by atoms with Gasteiger partial charge in [-0.15, -0.1) is 0 Å². The molecule has 0 spiro atoms. The minimum Gasteiger partial charge on any atom is -0.497 e. The average molecular weight is 543 g/mol. The van der Waals surface area contributed by atoms with Crippen LogP contribution in [-0.4, -0.2) is 45.4 Å². The van der Waals surface area contributed by atoms with Gasteiger partial charge in [-0.3, -0.25) is 4.90 Å². The first-order valence-corrected chi connectivity index (χ1v) is 15.2. The van der Waals surface area contributed by atoms with E-state index < -0.39 is 0 Å². The van der Waals surface area contributed by atoms with E-state index in [4.69, 9.17) is 19.9 Å². The van der Waals surface area contributed by atoms with Gasteiger partial charge in [-0.1, -0.05) is 37.1 Å². The molecule has 1 saturated heterocycles. The van der Waals surface area contributed by atoms with E-state index in [9.17, 15) is 0 Å². The van der Waals surface area contributed by atoms with Gasteiger partial charge in [0.15, 0.2) is 0 Å². The van der Waals surface area contributed by atoms with Crippen LogP contribution in [0.15, 0.2) is 60.7 Å². The lowest BCUT2D eigenvalue weighted by atomic mass is 9.77. The lowest BCUT2D eigenvalue weighted by Crippen LogP contribution is -2.29. The van der Waals surface area contributed by atoms with Crippen LogP contribution in [0.5, 0.6) is 17.2 Å². The van der Waals surface area contributed by atoms with Crippen molar-refractivity contribution in [3.8, 4) is 17.2 Å². The molecule has 0 bridgehead atoms. The number of ether oxygens (including phenoxy) is 3. The number of hydrogen-bond acceptors (Lipinski definition) is 5. The van der Waals surface area contributed by atoms with Gasteiger partial charge in [0.2, 0.25) is 0 Å². The van der Waals surface area contributed by atoms with Crippen molar-refractivity contribution in [1.82, 2.24) is 4.90 Å². The number of hydrogen-bond donors (Lipinski definition) is 1.